The summed E-state index contributed by atoms with van der Waals surface area (Å²) in [6.07, 6.45) is -3.10. The molecule has 0 aromatic carbocycles. The first-order valence-electron chi connectivity index (χ1n) is 5.62. The summed E-state index contributed by atoms with van der Waals surface area (Å²) in [6, 6.07) is 0. The number of hydrogen-bond acceptors (Lipinski definition) is 3. The maximum Gasteiger partial charge on any atom is 0.420 e. The van der Waals surface area contributed by atoms with Crippen LogP contribution in [0.4, 0.5) is 13.2 Å². The number of aliphatic hydroxyl groups is 1. The van der Waals surface area contributed by atoms with Crippen LogP contribution in [0, 0.1) is 5.92 Å². The lowest BCUT2D eigenvalue weighted by Gasteiger charge is -2.48. The molecule has 2 rings (SSSR count). The first-order valence-corrected chi connectivity index (χ1v) is 5.62. The Morgan fingerprint density at radius 2 is 2.06 bits per heavy atom. The van der Waals surface area contributed by atoms with Crippen molar-refractivity contribution in [2.75, 3.05) is 26.2 Å². The fourth-order valence-electron chi connectivity index (χ4n) is 2.24. The Kier molecular flexibility index (Phi) is 3.07. The Hall–Kier alpha value is -0.820. The third kappa shape index (κ3) is 2.26. The molecule has 1 unspecified atom stereocenters. The van der Waals surface area contributed by atoms with Crippen LogP contribution in [0.5, 0.6) is 0 Å². The summed E-state index contributed by atoms with van der Waals surface area (Å²) in [5.74, 6) is -0.535. The van der Waals surface area contributed by atoms with E-state index in [0.717, 1.165) is 17.9 Å². The van der Waals surface area contributed by atoms with Gasteiger partial charge in [-0.25, -0.2) is 0 Å². The molecule has 0 bridgehead atoms. The van der Waals surface area contributed by atoms with Crippen molar-refractivity contribution in [3.63, 3.8) is 0 Å². The molecule has 98 valence electrons. The van der Waals surface area contributed by atoms with E-state index in [2.05, 4.69) is 5.32 Å². The number of likely N-dealkylation sites (tertiary alicyclic amines) is 1. The van der Waals surface area contributed by atoms with Gasteiger partial charge in [0.2, 0.25) is 5.91 Å². The molecule has 1 atom stereocenters. The molecule has 2 heterocycles. The fraction of sp³-hybridized carbons (Fsp3) is 0.900. The summed E-state index contributed by atoms with van der Waals surface area (Å²) in [4.78, 5) is 12.9. The highest BCUT2D eigenvalue weighted by atomic mass is 19.4. The lowest BCUT2D eigenvalue weighted by Crippen LogP contribution is -2.71. The van der Waals surface area contributed by atoms with Crippen LogP contribution in [0.15, 0.2) is 0 Å². The van der Waals surface area contributed by atoms with Crippen LogP contribution in [0.2, 0.25) is 0 Å². The summed E-state index contributed by atoms with van der Waals surface area (Å²) in [6.45, 7) is 0.0910. The fourth-order valence-corrected chi connectivity index (χ4v) is 2.24. The molecule has 2 aliphatic heterocycles. The Balaban J connectivity index is 1.89. The van der Waals surface area contributed by atoms with Gasteiger partial charge in [0.25, 0.3) is 0 Å². The maximum absolute atomic E-state index is 12.4. The van der Waals surface area contributed by atoms with Crippen LogP contribution < -0.4 is 5.32 Å². The van der Waals surface area contributed by atoms with Crippen LogP contribution in [-0.4, -0.2) is 53.9 Å². The highest BCUT2D eigenvalue weighted by molar-refractivity contribution is 5.80. The number of halogens is 3. The number of alkyl halides is 3. The second-order valence-electron chi connectivity index (χ2n) is 4.77. The zero-order chi connectivity index (χ0) is 12.7. The first-order chi connectivity index (χ1) is 7.83. The van der Waals surface area contributed by atoms with E-state index in [1.54, 1.807) is 0 Å². The second kappa shape index (κ2) is 4.13. The van der Waals surface area contributed by atoms with E-state index in [9.17, 15) is 23.1 Å². The SMILES string of the molecule is O=C(C1CCCNC1)N1CC(O)(C(F)(F)F)C1. The summed E-state index contributed by atoms with van der Waals surface area (Å²) in [5, 5.41) is 12.3. The van der Waals surface area contributed by atoms with Gasteiger partial charge in [-0.15, -0.1) is 0 Å². The molecule has 4 nitrogen and oxygen atoms in total. The number of rotatable bonds is 1. The van der Waals surface area contributed by atoms with Gasteiger partial charge in [-0.05, 0) is 19.4 Å². The minimum Gasteiger partial charge on any atom is -0.378 e. The molecule has 0 aliphatic carbocycles. The van der Waals surface area contributed by atoms with Crippen LogP contribution in [-0.2, 0) is 4.79 Å². The number of carbonyl (C=O) groups excluding carboxylic acids is 1. The van der Waals surface area contributed by atoms with Crippen molar-refractivity contribution >= 4 is 5.91 Å². The van der Waals surface area contributed by atoms with Crippen molar-refractivity contribution in [3.8, 4) is 0 Å². The second-order valence-corrected chi connectivity index (χ2v) is 4.77. The van der Waals surface area contributed by atoms with Crippen LogP contribution in [0.25, 0.3) is 0 Å². The lowest BCUT2D eigenvalue weighted by atomic mass is 9.89. The van der Waals surface area contributed by atoms with E-state index in [0.29, 0.717) is 13.0 Å². The van der Waals surface area contributed by atoms with Crippen molar-refractivity contribution in [1.82, 2.24) is 10.2 Å². The third-order valence-electron chi connectivity index (χ3n) is 3.39. The van der Waals surface area contributed by atoms with E-state index < -0.39 is 24.9 Å². The molecule has 2 N–H and O–H groups in total. The largest absolute Gasteiger partial charge is 0.420 e. The molecular formula is C10H15F3N2O2. The maximum atomic E-state index is 12.4. The Bertz CT molecular complexity index is 307. The van der Waals surface area contributed by atoms with E-state index >= 15 is 0 Å². The van der Waals surface area contributed by atoms with Crippen LogP contribution in [0.1, 0.15) is 12.8 Å². The average Bonchev–Trinajstić information content (AvgIpc) is 2.23. The van der Waals surface area contributed by atoms with Crippen LogP contribution >= 0.6 is 0 Å². The third-order valence-corrected chi connectivity index (χ3v) is 3.39. The topological polar surface area (TPSA) is 52.6 Å². The molecule has 2 aliphatic rings. The van der Waals surface area contributed by atoms with Crippen LogP contribution in [0.3, 0.4) is 0 Å². The number of hydrogen-bond donors (Lipinski definition) is 2. The Morgan fingerprint density at radius 3 is 2.53 bits per heavy atom. The lowest BCUT2D eigenvalue weighted by molar-refractivity contribution is -0.298. The Morgan fingerprint density at radius 1 is 1.41 bits per heavy atom. The number of nitrogens with one attached hydrogen (secondary N) is 1. The molecule has 0 radical (unpaired) electrons. The first kappa shape index (κ1) is 12.6. The zero-order valence-electron chi connectivity index (χ0n) is 9.26. The minimum absolute atomic E-state index is 0.249. The Labute approximate surface area is 96.8 Å². The van der Waals surface area contributed by atoms with Crippen molar-refractivity contribution in [2.45, 2.75) is 24.6 Å². The monoisotopic (exact) mass is 252 g/mol. The van der Waals surface area contributed by atoms with Crippen molar-refractivity contribution in [3.05, 3.63) is 0 Å². The summed E-state index contributed by atoms with van der Waals surface area (Å²) in [7, 11) is 0. The van der Waals surface area contributed by atoms with Gasteiger partial charge < -0.3 is 15.3 Å². The smallest absolute Gasteiger partial charge is 0.378 e. The van der Waals surface area contributed by atoms with Crippen molar-refractivity contribution in [1.29, 1.82) is 0 Å². The number of piperidine rings is 1. The van der Waals surface area contributed by atoms with Gasteiger partial charge in [0.1, 0.15) is 0 Å². The van der Waals surface area contributed by atoms with E-state index in [-0.39, 0.29) is 11.8 Å². The predicted molar refractivity (Wildman–Crippen MR) is 53.2 cm³/mol. The molecule has 17 heavy (non-hydrogen) atoms. The molecular weight excluding hydrogens is 237 g/mol. The summed E-state index contributed by atoms with van der Waals surface area (Å²) in [5.41, 5.74) is -2.70. The van der Waals surface area contributed by atoms with Crippen molar-refractivity contribution < 1.29 is 23.1 Å². The summed E-state index contributed by atoms with van der Waals surface area (Å²) >= 11 is 0. The van der Waals surface area contributed by atoms with Gasteiger partial charge in [-0.1, -0.05) is 0 Å². The van der Waals surface area contributed by atoms with E-state index in [4.69, 9.17) is 0 Å². The molecule has 0 spiro atoms. The number of amides is 1. The average molecular weight is 252 g/mol. The molecule has 2 saturated heterocycles. The number of β-amino-alcohol motifs (C(OH)–C–C–N with tert-alkyl or cyclic N) is 1. The zero-order valence-corrected chi connectivity index (χ0v) is 9.26. The van der Waals surface area contributed by atoms with Gasteiger partial charge >= 0.3 is 6.18 Å². The van der Waals surface area contributed by atoms with Gasteiger partial charge in [0.05, 0.1) is 19.0 Å². The normalized spacial score (nSPS) is 28.7. The van der Waals surface area contributed by atoms with E-state index in [1.807, 2.05) is 0 Å². The molecule has 2 fully saturated rings. The molecule has 1 amide bonds. The highest BCUT2D eigenvalue weighted by Crippen LogP contribution is 2.38. The molecule has 7 heteroatoms. The van der Waals surface area contributed by atoms with Gasteiger partial charge in [-0.2, -0.15) is 13.2 Å². The number of carbonyl (C=O) groups is 1. The standard InChI is InChI=1S/C10H15F3N2O2/c11-10(12,13)9(17)5-15(6-9)8(16)7-2-1-3-14-4-7/h7,14,17H,1-6H2. The van der Waals surface area contributed by atoms with Gasteiger partial charge in [-0.3, -0.25) is 4.79 Å². The van der Waals surface area contributed by atoms with Crippen molar-refractivity contribution in [2.24, 2.45) is 5.92 Å². The molecule has 0 aromatic rings. The van der Waals surface area contributed by atoms with Gasteiger partial charge in [0, 0.05) is 6.54 Å². The van der Waals surface area contributed by atoms with Gasteiger partial charge in [0.15, 0.2) is 5.60 Å². The predicted octanol–water partition coefficient (Wildman–Crippen LogP) is 0.122. The quantitative estimate of drug-likeness (QED) is 0.697. The molecule has 0 saturated carbocycles. The van der Waals surface area contributed by atoms with E-state index in [1.165, 1.54) is 0 Å². The number of nitrogens with zero attached hydrogens (tertiary/aromatic N) is 1. The minimum atomic E-state index is -4.66. The highest BCUT2D eigenvalue weighted by Gasteiger charge is 2.62. The molecule has 0 aromatic heterocycles. The summed E-state index contributed by atoms with van der Waals surface area (Å²) < 4.78 is 37.1.